The molecule has 1 saturated carbocycles. The second-order valence-electron chi connectivity index (χ2n) is 8.66. The molecular weight excluding hydrogens is 460 g/mol. The van der Waals surface area contributed by atoms with Crippen molar-refractivity contribution in [3.8, 4) is 0 Å². The first-order valence-corrected chi connectivity index (χ1v) is 13.9. The quantitative estimate of drug-likeness (QED) is 0.448. The van der Waals surface area contributed by atoms with E-state index in [9.17, 15) is 18.0 Å². The molecule has 1 aliphatic carbocycles. The third kappa shape index (κ3) is 5.50. The first-order valence-electron chi connectivity index (χ1n) is 11.4. The molecule has 1 aliphatic heterocycles. The Hall–Kier alpha value is -2.17. The number of hydrogen-bond acceptors (Lipinski definition) is 6. The Morgan fingerprint density at radius 2 is 1.88 bits per heavy atom. The third-order valence-electron chi connectivity index (χ3n) is 6.45. The highest BCUT2D eigenvalue weighted by Crippen LogP contribution is 2.27. The molecule has 0 aromatic carbocycles. The molecule has 0 unspecified atom stereocenters. The van der Waals surface area contributed by atoms with Gasteiger partial charge in [-0.1, -0.05) is 31.0 Å². The van der Waals surface area contributed by atoms with Gasteiger partial charge in [0.15, 0.2) is 5.78 Å². The summed E-state index contributed by atoms with van der Waals surface area (Å²) in [7, 11) is -1.94. The molecule has 178 valence electrons. The molecule has 1 N–H and O–H groups in total. The summed E-state index contributed by atoms with van der Waals surface area (Å²) in [5.41, 5.74) is 0.887. The maximum Gasteiger partial charge on any atom is 0.270 e. The Morgan fingerprint density at radius 1 is 1.15 bits per heavy atom. The van der Waals surface area contributed by atoms with Gasteiger partial charge in [-0.15, -0.1) is 0 Å². The number of hydrogen-bond donors (Lipinski definition) is 1. The molecule has 1 amide bonds. The van der Waals surface area contributed by atoms with Crippen molar-refractivity contribution in [2.24, 2.45) is 0 Å². The van der Waals surface area contributed by atoms with Gasteiger partial charge in [0, 0.05) is 44.1 Å². The second kappa shape index (κ2) is 10.4. The van der Waals surface area contributed by atoms with Crippen LogP contribution in [-0.2, 0) is 10.0 Å². The molecule has 10 heteroatoms. The number of thioether (sulfide) groups is 1. The van der Waals surface area contributed by atoms with Gasteiger partial charge in [-0.2, -0.15) is 4.31 Å². The van der Waals surface area contributed by atoms with E-state index in [4.69, 9.17) is 0 Å². The highest BCUT2D eigenvalue weighted by atomic mass is 32.2. The van der Waals surface area contributed by atoms with Gasteiger partial charge in [0.1, 0.15) is 10.6 Å². The van der Waals surface area contributed by atoms with Gasteiger partial charge in [0.25, 0.3) is 5.91 Å². The van der Waals surface area contributed by atoms with Gasteiger partial charge >= 0.3 is 0 Å². The number of carbonyl (C=O) groups excluding carboxylic acids is 2. The number of aromatic nitrogens is 2. The van der Waals surface area contributed by atoms with E-state index in [1.807, 2.05) is 0 Å². The van der Waals surface area contributed by atoms with Crippen LogP contribution >= 0.6 is 11.8 Å². The minimum atomic E-state index is -3.59. The Balaban J connectivity index is 1.33. The summed E-state index contributed by atoms with van der Waals surface area (Å²) in [6, 6.07) is 4.84. The number of H-pyrrole nitrogens is 1. The molecular formula is C23H30N4O4S2. The van der Waals surface area contributed by atoms with E-state index < -0.39 is 10.0 Å². The van der Waals surface area contributed by atoms with Crippen molar-refractivity contribution in [2.45, 2.75) is 60.9 Å². The number of likely N-dealkylation sites (tertiary alicyclic amines) is 1. The van der Waals surface area contributed by atoms with E-state index >= 15 is 0 Å². The van der Waals surface area contributed by atoms with Crippen LogP contribution in [0.3, 0.4) is 0 Å². The van der Waals surface area contributed by atoms with Crippen molar-refractivity contribution in [2.75, 3.05) is 25.9 Å². The van der Waals surface area contributed by atoms with Crippen LogP contribution in [0.2, 0.25) is 0 Å². The SMILES string of the molecule is CN(C1CCCCC1)S(=O)(=O)c1ccc(SCC(=O)c2c[nH]c(C(=O)N3CCCC3)c2)nc1. The number of pyridine rings is 1. The van der Waals surface area contributed by atoms with Crippen LogP contribution in [0.25, 0.3) is 0 Å². The Kier molecular flexibility index (Phi) is 7.55. The maximum atomic E-state index is 12.9. The predicted molar refractivity (Wildman–Crippen MR) is 127 cm³/mol. The van der Waals surface area contributed by atoms with E-state index in [1.54, 1.807) is 36.3 Å². The number of rotatable bonds is 8. The summed E-state index contributed by atoms with van der Waals surface area (Å²) >= 11 is 1.24. The van der Waals surface area contributed by atoms with E-state index in [1.165, 1.54) is 22.3 Å². The smallest absolute Gasteiger partial charge is 0.270 e. The van der Waals surface area contributed by atoms with Crippen molar-refractivity contribution in [3.05, 3.63) is 41.9 Å². The highest BCUT2D eigenvalue weighted by molar-refractivity contribution is 7.99. The van der Waals surface area contributed by atoms with E-state index in [0.717, 1.165) is 58.0 Å². The molecule has 2 aromatic heterocycles. The van der Waals surface area contributed by atoms with Gasteiger partial charge in [-0.05, 0) is 43.9 Å². The Morgan fingerprint density at radius 3 is 2.55 bits per heavy atom. The lowest BCUT2D eigenvalue weighted by molar-refractivity contribution is 0.0787. The molecule has 1 saturated heterocycles. The molecule has 3 heterocycles. The molecule has 0 spiro atoms. The Labute approximate surface area is 199 Å². The number of nitrogens with zero attached hydrogens (tertiary/aromatic N) is 3. The molecule has 0 atom stereocenters. The summed E-state index contributed by atoms with van der Waals surface area (Å²) in [4.78, 5) is 34.1. The fourth-order valence-corrected chi connectivity index (χ4v) is 6.50. The topological polar surface area (TPSA) is 103 Å². The zero-order valence-corrected chi connectivity index (χ0v) is 20.5. The van der Waals surface area contributed by atoms with Gasteiger partial charge in [0.2, 0.25) is 10.0 Å². The summed E-state index contributed by atoms with van der Waals surface area (Å²) < 4.78 is 27.4. The van der Waals surface area contributed by atoms with Gasteiger partial charge in [-0.3, -0.25) is 9.59 Å². The standard InChI is InChI=1S/C23H30N4O4S2/c1-26(18-7-3-2-4-8-18)33(30,31)19-9-10-22(25-15-19)32-16-21(28)17-13-20(24-14-17)23(29)27-11-5-6-12-27/h9-10,13-15,18,24H,2-8,11-12,16H2,1H3. The number of aromatic amines is 1. The van der Waals surface area contributed by atoms with Crippen molar-refractivity contribution >= 4 is 33.5 Å². The normalized spacial score (nSPS) is 17.6. The van der Waals surface area contributed by atoms with Crippen LogP contribution in [-0.4, -0.2) is 71.2 Å². The summed E-state index contributed by atoms with van der Waals surface area (Å²) in [5, 5.41) is 0.575. The molecule has 8 nitrogen and oxygen atoms in total. The number of sulfonamides is 1. The largest absolute Gasteiger partial charge is 0.356 e. The molecule has 4 rings (SSSR count). The third-order valence-corrected chi connectivity index (χ3v) is 9.29. The van der Waals surface area contributed by atoms with Gasteiger partial charge < -0.3 is 9.88 Å². The number of ketones is 1. The number of nitrogens with one attached hydrogen (secondary N) is 1. The monoisotopic (exact) mass is 490 g/mol. The molecule has 0 radical (unpaired) electrons. The lowest BCUT2D eigenvalue weighted by Gasteiger charge is -2.30. The zero-order chi connectivity index (χ0) is 23.4. The van der Waals surface area contributed by atoms with Crippen LogP contribution < -0.4 is 0 Å². The first-order chi connectivity index (χ1) is 15.9. The number of Topliss-reactive ketones (excluding diaryl/α,β-unsaturated/α-hetero) is 1. The Bertz CT molecular complexity index is 1090. The fourth-order valence-electron chi connectivity index (χ4n) is 4.40. The van der Waals surface area contributed by atoms with Crippen LogP contribution in [0.5, 0.6) is 0 Å². The van der Waals surface area contributed by atoms with Gasteiger partial charge in [0.05, 0.1) is 10.8 Å². The average molecular weight is 491 g/mol. The number of carbonyl (C=O) groups is 2. The number of amides is 1. The highest BCUT2D eigenvalue weighted by Gasteiger charge is 2.29. The average Bonchev–Trinajstić information content (AvgIpc) is 3.55. The minimum absolute atomic E-state index is 0.0408. The van der Waals surface area contributed by atoms with Crippen molar-refractivity contribution in [1.29, 1.82) is 0 Å². The van der Waals surface area contributed by atoms with Crippen LogP contribution in [0, 0.1) is 0 Å². The predicted octanol–water partition coefficient (Wildman–Crippen LogP) is 3.57. The zero-order valence-electron chi connectivity index (χ0n) is 18.8. The van der Waals surface area contributed by atoms with Crippen LogP contribution in [0.15, 0.2) is 40.5 Å². The lowest BCUT2D eigenvalue weighted by atomic mass is 9.96. The van der Waals surface area contributed by atoms with Crippen molar-refractivity contribution in [1.82, 2.24) is 19.2 Å². The van der Waals surface area contributed by atoms with E-state index in [-0.39, 0.29) is 28.4 Å². The maximum absolute atomic E-state index is 12.9. The van der Waals surface area contributed by atoms with E-state index in [2.05, 4.69) is 9.97 Å². The van der Waals surface area contributed by atoms with Gasteiger partial charge in [-0.25, -0.2) is 13.4 Å². The molecule has 2 aromatic rings. The summed E-state index contributed by atoms with van der Waals surface area (Å²) in [6.07, 6.45) is 10.0. The molecule has 2 aliphatic rings. The van der Waals surface area contributed by atoms with Crippen LogP contribution in [0.1, 0.15) is 65.8 Å². The fraction of sp³-hybridized carbons (Fsp3) is 0.522. The molecule has 33 heavy (non-hydrogen) atoms. The summed E-state index contributed by atoms with van der Waals surface area (Å²) in [6.45, 7) is 1.51. The first kappa shape index (κ1) is 24.0. The molecule has 2 fully saturated rings. The van der Waals surface area contributed by atoms with Crippen LogP contribution in [0.4, 0.5) is 0 Å². The lowest BCUT2D eigenvalue weighted by Crippen LogP contribution is -2.38. The van der Waals surface area contributed by atoms with E-state index in [0.29, 0.717) is 16.3 Å². The molecule has 0 bridgehead atoms. The second-order valence-corrected chi connectivity index (χ2v) is 11.7. The van der Waals surface area contributed by atoms with Crippen molar-refractivity contribution in [3.63, 3.8) is 0 Å². The minimum Gasteiger partial charge on any atom is -0.356 e. The summed E-state index contributed by atoms with van der Waals surface area (Å²) in [5.74, 6) is -0.0425. The van der Waals surface area contributed by atoms with Crippen molar-refractivity contribution < 1.29 is 18.0 Å².